The van der Waals surface area contributed by atoms with E-state index >= 15 is 0 Å². The highest BCUT2D eigenvalue weighted by Gasteiger charge is 2.42. The fraction of sp³-hybridized carbons (Fsp3) is 0.442. The van der Waals surface area contributed by atoms with Gasteiger partial charge in [0.15, 0.2) is 16.6 Å². The van der Waals surface area contributed by atoms with E-state index in [9.17, 15) is 28.8 Å². The SMILES string of the molecule is CN(CCCC(=O)Nc1cccc(CCN(Cc2ccccc2)C[C@H](O[Si](C)(C)C(C)(C)C)c2ccc(OCc3ccccc3)c3[nH]c(=O)ccc23)c1)C(=O)CCN1CCC(OC2CCN(CCC(=O)N(C)CCCC(=O)Nc3cccc(CCN(Cc4ccccc4)C[C@H](O[Si](C)(C)C(C)(C)C)c4ccc(OCc5ccccc5)c5[nH]c(=O)ccc45)c3)CC2)CC1. The van der Waals surface area contributed by atoms with Gasteiger partial charge in [-0.05, 0) is 181 Å². The zero-order valence-corrected chi connectivity index (χ0v) is 79.1. The van der Waals surface area contributed by atoms with Crippen LogP contribution in [-0.4, -0.2) is 184 Å². The van der Waals surface area contributed by atoms with E-state index in [2.05, 4.69) is 193 Å². The lowest BCUT2D eigenvalue weighted by Crippen LogP contribution is -2.44. The quantitative estimate of drug-likeness (QED) is 0.0261. The van der Waals surface area contributed by atoms with Crippen molar-refractivity contribution in [2.45, 2.75) is 206 Å². The molecular weight excluding hydrogens is 1620 g/mol. The number of hydrogen-bond donors (Lipinski definition) is 4. The van der Waals surface area contributed by atoms with Crippen LogP contribution in [-0.2, 0) is 71.9 Å². The smallest absolute Gasteiger partial charge is 0.248 e. The number of benzene rings is 8. The monoisotopic (exact) mass is 1760 g/mol. The number of rotatable bonds is 44. The van der Waals surface area contributed by atoms with E-state index in [1.807, 2.05) is 135 Å². The largest absolute Gasteiger partial charge is 0.487 e. The van der Waals surface area contributed by atoms with Gasteiger partial charge in [0.2, 0.25) is 34.7 Å². The number of nitrogens with one attached hydrogen (secondary N) is 4. The fourth-order valence-electron chi connectivity index (χ4n) is 16.4. The van der Waals surface area contributed by atoms with E-state index in [1.165, 1.54) is 11.1 Å². The number of amides is 4. The molecule has 0 bridgehead atoms. The number of fused-ring (bicyclic) bond motifs is 2. The molecule has 0 radical (unpaired) electrons. The maximum atomic E-state index is 13.5. The van der Waals surface area contributed by atoms with E-state index in [1.54, 1.807) is 21.9 Å². The normalized spacial score (nSPS) is 14.6. The summed E-state index contributed by atoms with van der Waals surface area (Å²) in [6.45, 7) is 33.2. The van der Waals surface area contributed by atoms with Crippen LogP contribution in [0.4, 0.5) is 11.4 Å². The number of anilines is 2. The molecule has 2 aromatic heterocycles. The molecule has 2 atom stereocenters. The van der Waals surface area contributed by atoms with Crippen molar-refractivity contribution in [1.82, 2.24) is 39.4 Å². The lowest BCUT2D eigenvalue weighted by atomic mass is 10.0. The number of hydrogen-bond acceptors (Lipinski definition) is 15. The maximum absolute atomic E-state index is 13.5. The molecule has 23 heteroatoms. The Bertz CT molecular complexity index is 4990. The van der Waals surface area contributed by atoms with Crippen LogP contribution in [0.25, 0.3) is 21.8 Å². The molecule has 4 N–H and O–H groups in total. The van der Waals surface area contributed by atoms with Gasteiger partial charge >= 0.3 is 0 Å². The Balaban J connectivity index is 0.531. The molecule has 676 valence electrons. The molecule has 0 spiro atoms. The predicted molar refractivity (Wildman–Crippen MR) is 517 cm³/mol. The Labute approximate surface area is 754 Å². The minimum Gasteiger partial charge on any atom is -0.487 e. The first kappa shape index (κ1) is 95.9. The van der Waals surface area contributed by atoms with Crippen LogP contribution >= 0.6 is 0 Å². The summed E-state index contributed by atoms with van der Waals surface area (Å²) in [6.07, 6.45) is 7.32. The van der Waals surface area contributed by atoms with Gasteiger partial charge < -0.3 is 63.3 Å². The van der Waals surface area contributed by atoms with Crippen molar-refractivity contribution in [2.75, 3.05) is 103 Å². The van der Waals surface area contributed by atoms with Gasteiger partial charge in [0.25, 0.3) is 0 Å². The first-order valence-corrected chi connectivity index (χ1v) is 51.6. The first-order valence-electron chi connectivity index (χ1n) is 45.8. The third-order valence-electron chi connectivity index (χ3n) is 26.0. The fourth-order valence-corrected chi connectivity index (χ4v) is 18.9. The third kappa shape index (κ3) is 28.9. The molecule has 2 aliphatic heterocycles. The number of pyridine rings is 2. The summed E-state index contributed by atoms with van der Waals surface area (Å²) in [7, 11) is -1.09. The molecule has 10 aromatic rings. The highest BCUT2D eigenvalue weighted by molar-refractivity contribution is 6.74. The molecule has 127 heavy (non-hydrogen) atoms. The lowest BCUT2D eigenvalue weighted by Gasteiger charge is -2.41. The maximum Gasteiger partial charge on any atom is 0.248 e. The second-order valence-corrected chi connectivity index (χ2v) is 47.3. The van der Waals surface area contributed by atoms with Gasteiger partial charge in [-0.3, -0.25) is 38.6 Å². The molecule has 4 heterocycles. The molecule has 2 fully saturated rings. The summed E-state index contributed by atoms with van der Waals surface area (Å²) in [5, 5.41) is 7.90. The van der Waals surface area contributed by atoms with E-state index in [-0.39, 0.29) is 82.1 Å². The molecule has 2 aliphatic rings. The van der Waals surface area contributed by atoms with Crippen LogP contribution in [0.2, 0.25) is 36.3 Å². The van der Waals surface area contributed by atoms with Gasteiger partial charge in [0, 0.05) is 166 Å². The second kappa shape index (κ2) is 45.7. The van der Waals surface area contributed by atoms with Crippen LogP contribution in [0.5, 0.6) is 11.5 Å². The molecule has 0 unspecified atom stereocenters. The summed E-state index contributed by atoms with van der Waals surface area (Å²) in [5.41, 5.74) is 11.0. The molecule has 0 saturated carbocycles. The average molecular weight is 1760 g/mol. The summed E-state index contributed by atoms with van der Waals surface area (Å²) in [6, 6.07) is 72.3. The number of likely N-dealkylation sites (tertiary alicyclic amines) is 2. The van der Waals surface area contributed by atoms with Crippen molar-refractivity contribution in [3.05, 3.63) is 284 Å². The molecular formula is C104H136N10O11Si2. The van der Waals surface area contributed by atoms with Gasteiger partial charge in [-0.25, -0.2) is 0 Å². The molecule has 2 saturated heterocycles. The average Bonchev–Trinajstić information content (AvgIpc) is 0.775. The zero-order chi connectivity index (χ0) is 90.1. The predicted octanol–water partition coefficient (Wildman–Crippen LogP) is 18.9. The van der Waals surface area contributed by atoms with Crippen LogP contribution in [0.3, 0.4) is 0 Å². The number of carbonyl (C=O) groups excluding carboxylic acids is 4. The van der Waals surface area contributed by atoms with Gasteiger partial charge in [-0.1, -0.05) is 199 Å². The Morgan fingerprint density at radius 1 is 0.433 bits per heavy atom. The van der Waals surface area contributed by atoms with Crippen molar-refractivity contribution in [2.24, 2.45) is 0 Å². The summed E-state index contributed by atoms with van der Waals surface area (Å²) in [5.74, 6) is 1.17. The minimum atomic E-state index is -2.37. The molecule has 12 rings (SSSR count). The zero-order valence-electron chi connectivity index (χ0n) is 77.1. The van der Waals surface area contributed by atoms with Crippen molar-refractivity contribution in [3.8, 4) is 11.5 Å². The second-order valence-electron chi connectivity index (χ2n) is 37.8. The van der Waals surface area contributed by atoms with E-state index in [4.69, 9.17) is 23.1 Å². The van der Waals surface area contributed by atoms with Gasteiger partial charge in [0.05, 0.1) is 35.4 Å². The van der Waals surface area contributed by atoms with Crippen molar-refractivity contribution >= 4 is 73.4 Å². The number of nitrogens with zero attached hydrogens (tertiary/aromatic N) is 6. The standard InChI is InChI=1S/C104H136N10O11Si2/c1-103(2,3)126(9,10)124-93(87-43-47-91(101-89(87)45-49-97(117)107-101)121-75-81-33-21-15-22-34-81)73-113(71-79-29-17-13-18-30-79)61-51-77-37-25-39-83(69-77)105-95(115)41-27-59-109(7)99(119)57-67-111-63-53-85(54-64-111)123-86-55-65-112(66-56-86)68-58-100(120)110(8)60-28-42-96(116)106-84-40-26-38-78(70-84)52-62-114(72-80-31-19-14-20-32-80)74-94(125-127(11,12)104(4,5)6)88-44-48-92(102-90(88)46-50-98(118)108-102)122-76-82-35-23-16-24-36-82/h13-26,29-40,43-50,69-70,85-86,93-94H,27-28,41-42,51-68,71-76H2,1-12H3,(H,105,115)(H,106,116)(H,107,117)(H,108,118)/t93-,94-/m0/s1. The number of aromatic amines is 2. The third-order valence-corrected chi connectivity index (χ3v) is 35.0. The van der Waals surface area contributed by atoms with Crippen LogP contribution in [0, 0.1) is 0 Å². The summed E-state index contributed by atoms with van der Waals surface area (Å²) in [4.78, 5) is 99.2. The van der Waals surface area contributed by atoms with Crippen molar-refractivity contribution < 1.29 is 42.2 Å². The van der Waals surface area contributed by atoms with Gasteiger partial charge in [-0.15, -0.1) is 0 Å². The van der Waals surface area contributed by atoms with Crippen LogP contribution < -0.4 is 31.2 Å². The Kier molecular flexibility index (Phi) is 34.5. The highest BCUT2D eigenvalue weighted by Crippen LogP contribution is 2.44. The van der Waals surface area contributed by atoms with Gasteiger partial charge in [0.1, 0.15) is 24.7 Å². The Morgan fingerprint density at radius 3 is 1.15 bits per heavy atom. The van der Waals surface area contributed by atoms with Crippen LogP contribution in [0.1, 0.15) is 162 Å². The number of H-pyrrole nitrogens is 2. The molecule has 21 nitrogen and oxygen atoms in total. The number of carbonyl (C=O) groups is 4. The van der Waals surface area contributed by atoms with Gasteiger partial charge in [-0.2, -0.15) is 0 Å². The minimum absolute atomic E-state index is 0.0720. The van der Waals surface area contributed by atoms with Crippen molar-refractivity contribution in [3.63, 3.8) is 0 Å². The Morgan fingerprint density at radius 2 is 0.787 bits per heavy atom. The van der Waals surface area contributed by atoms with Crippen LogP contribution in [0.15, 0.2) is 228 Å². The lowest BCUT2D eigenvalue weighted by molar-refractivity contribution is -0.131. The number of piperidine rings is 2. The highest BCUT2D eigenvalue weighted by atomic mass is 28.4. The van der Waals surface area contributed by atoms with E-state index in [0.717, 1.165) is 120 Å². The van der Waals surface area contributed by atoms with E-state index < -0.39 is 16.6 Å². The summed E-state index contributed by atoms with van der Waals surface area (Å²) >= 11 is 0. The molecule has 4 amide bonds. The Hall–Kier alpha value is -10.2. The first-order chi connectivity index (χ1) is 60.9. The number of ether oxygens (including phenoxy) is 3. The molecule has 8 aromatic carbocycles. The summed E-state index contributed by atoms with van der Waals surface area (Å²) < 4.78 is 34.3. The van der Waals surface area contributed by atoms with E-state index in [0.29, 0.717) is 127 Å². The molecule has 0 aliphatic carbocycles. The topological polar surface area (TPSA) is 224 Å². The van der Waals surface area contributed by atoms with Crippen molar-refractivity contribution in [1.29, 1.82) is 0 Å². The number of aromatic nitrogens is 2.